The van der Waals surface area contributed by atoms with Crippen molar-refractivity contribution in [3.63, 3.8) is 0 Å². The first-order valence-electron chi connectivity index (χ1n) is 6.86. The Hall–Kier alpha value is -1.26. The molecule has 0 radical (unpaired) electrons. The van der Waals surface area contributed by atoms with Gasteiger partial charge in [0.05, 0.1) is 18.9 Å². The summed E-state index contributed by atoms with van der Waals surface area (Å²) in [6.07, 6.45) is 2.26. The summed E-state index contributed by atoms with van der Waals surface area (Å²) in [6, 6.07) is 6.60. The fourth-order valence-corrected chi connectivity index (χ4v) is 2.18. The molecule has 1 aromatic carbocycles. The van der Waals surface area contributed by atoms with E-state index in [0.29, 0.717) is 19.3 Å². The molecule has 1 aromatic rings. The molecule has 1 saturated heterocycles. The molecule has 0 saturated carbocycles. The third-order valence-corrected chi connectivity index (χ3v) is 3.20. The molecule has 1 fully saturated rings. The van der Waals surface area contributed by atoms with Crippen LogP contribution in [-0.4, -0.2) is 39.6 Å². The van der Waals surface area contributed by atoms with Crippen molar-refractivity contribution in [1.82, 2.24) is 0 Å². The van der Waals surface area contributed by atoms with Gasteiger partial charge in [0.15, 0.2) is 0 Å². The van der Waals surface area contributed by atoms with Gasteiger partial charge >= 0.3 is 0 Å². The Morgan fingerprint density at radius 1 is 1.37 bits per heavy atom. The Labute approximate surface area is 115 Å². The second-order valence-corrected chi connectivity index (χ2v) is 4.90. The molecule has 19 heavy (non-hydrogen) atoms. The number of anilines is 1. The van der Waals surface area contributed by atoms with Gasteiger partial charge in [0.2, 0.25) is 0 Å². The van der Waals surface area contributed by atoms with Gasteiger partial charge in [-0.3, -0.25) is 0 Å². The van der Waals surface area contributed by atoms with Gasteiger partial charge in [-0.1, -0.05) is 6.07 Å². The average Bonchev–Trinajstić information content (AvgIpc) is 2.43. The minimum atomic E-state index is 0.376. The highest BCUT2D eigenvalue weighted by Crippen LogP contribution is 2.27. The van der Waals surface area contributed by atoms with Crippen molar-refractivity contribution in [3.8, 4) is 5.75 Å². The molecular weight excluding hydrogens is 242 g/mol. The van der Waals surface area contributed by atoms with Crippen LogP contribution in [-0.2, 0) is 9.47 Å². The SMILES string of the molecule is COCCOc1cc(C)ccc1NC1CCCOC1. The number of hydrogen-bond donors (Lipinski definition) is 1. The van der Waals surface area contributed by atoms with Crippen LogP contribution < -0.4 is 10.1 Å². The Balaban J connectivity index is 2.00. The summed E-state index contributed by atoms with van der Waals surface area (Å²) in [5.74, 6) is 0.891. The van der Waals surface area contributed by atoms with Crippen LogP contribution in [0.15, 0.2) is 18.2 Å². The zero-order valence-electron chi connectivity index (χ0n) is 11.8. The molecule has 1 aliphatic rings. The van der Waals surface area contributed by atoms with E-state index < -0.39 is 0 Å². The third-order valence-electron chi connectivity index (χ3n) is 3.20. The number of hydrogen-bond acceptors (Lipinski definition) is 4. The Kier molecular flexibility index (Phi) is 5.48. The molecule has 4 heteroatoms. The molecule has 106 valence electrons. The van der Waals surface area contributed by atoms with E-state index in [9.17, 15) is 0 Å². The van der Waals surface area contributed by atoms with E-state index in [1.807, 2.05) is 0 Å². The summed E-state index contributed by atoms with van der Waals surface area (Å²) in [5, 5.41) is 3.51. The molecule has 0 spiro atoms. The molecule has 0 aliphatic carbocycles. The molecule has 0 aromatic heterocycles. The van der Waals surface area contributed by atoms with Gasteiger partial charge in [0.1, 0.15) is 12.4 Å². The van der Waals surface area contributed by atoms with Gasteiger partial charge in [-0.05, 0) is 37.5 Å². The van der Waals surface area contributed by atoms with Gasteiger partial charge in [-0.15, -0.1) is 0 Å². The van der Waals surface area contributed by atoms with Crippen molar-refractivity contribution in [3.05, 3.63) is 23.8 Å². The Morgan fingerprint density at radius 3 is 3.00 bits per heavy atom. The van der Waals surface area contributed by atoms with Crippen molar-refractivity contribution >= 4 is 5.69 Å². The van der Waals surface area contributed by atoms with Gasteiger partial charge in [0, 0.05) is 19.8 Å². The van der Waals surface area contributed by atoms with E-state index in [4.69, 9.17) is 14.2 Å². The fraction of sp³-hybridized carbons (Fsp3) is 0.600. The predicted octanol–water partition coefficient (Wildman–Crippen LogP) is 2.61. The zero-order valence-corrected chi connectivity index (χ0v) is 11.8. The standard InChI is InChI=1S/C15H23NO3/c1-12-5-6-14(15(10-12)19-9-8-17-2)16-13-4-3-7-18-11-13/h5-6,10,13,16H,3-4,7-9,11H2,1-2H3. The average molecular weight is 265 g/mol. The van der Waals surface area contributed by atoms with Gasteiger partial charge in [-0.2, -0.15) is 0 Å². The Morgan fingerprint density at radius 2 is 2.26 bits per heavy atom. The summed E-state index contributed by atoms with van der Waals surface area (Å²) in [5.41, 5.74) is 2.23. The summed E-state index contributed by atoms with van der Waals surface area (Å²) < 4.78 is 16.3. The highest BCUT2D eigenvalue weighted by atomic mass is 16.5. The van der Waals surface area contributed by atoms with Crippen LogP contribution >= 0.6 is 0 Å². The molecule has 2 rings (SSSR count). The van der Waals surface area contributed by atoms with Crippen LogP contribution in [0.1, 0.15) is 18.4 Å². The second kappa shape index (κ2) is 7.36. The summed E-state index contributed by atoms with van der Waals surface area (Å²) in [6.45, 7) is 4.88. The molecule has 1 heterocycles. The lowest BCUT2D eigenvalue weighted by molar-refractivity contribution is 0.0874. The van der Waals surface area contributed by atoms with Crippen molar-refractivity contribution in [2.75, 3.05) is 38.9 Å². The summed E-state index contributed by atoms with van der Waals surface area (Å²) in [7, 11) is 1.68. The fourth-order valence-electron chi connectivity index (χ4n) is 2.18. The minimum absolute atomic E-state index is 0.376. The predicted molar refractivity (Wildman–Crippen MR) is 76.0 cm³/mol. The first kappa shape index (κ1) is 14.2. The van der Waals surface area contributed by atoms with Gasteiger partial charge in [-0.25, -0.2) is 0 Å². The monoisotopic (exact) mass is 265 g/mol. The Bertz CT molecular complexity index is 389. The molecule has 1 N–H and O–H groups in total. The lowest BCUT2D eigenvalue weighted by Gasteiger charge is -2.25. The molecule has 1 unspecified atom stereocenters. The van der Waals surface area contributed by atoms with E-state index in [1.165, 1.54) is 5.56 Å². The number of ether oxygens (including phenoxy) is 3. The van der Waals surface area contributed by atoms with Gasteiger partial charge < -0.3 is 19.5 Å². The van der Waals surface area contributed by atoms with Crippen molar-refractivity contribution in [2.45, 2.75) is 25.8 Å². The van der Waals surface area contributed by atoms with E-state index in [0.717, 1.165) is 37.5 Å². The number of methoxy groups -OCH3 is 1. The number of nitrogens with one attached hydrogen (secondary N) is 1. The third kappa shape index (κ3) is 4.40. The smallest absolute Gasteiger partial charge is 0.142 e. The number of aryl methyl sites for hydroxylation is 1. The van der Waals surface area contributed by atoms with E-state index >= 15 is 0 Å². The zero-order chi connectivity index (χ0) is 13.5. The quantitative estimate of drug-likeness (QED) is 0.803. The molecule has 4 nitrogen and oxygen atoms in total. The van der Waals surface area contributed by atoms with Crippen LogP contribution in [0.5, 0.6) is 5.75 Å². The van der Waals surface area contributed by atoms with Crippen molar-refractivity contribution in [2.24, 2.45) is 0 Å². The van der Waals surface area contributed by atoms with E-state index in [1.54, 1.807) is 7.11 Å². The first-order valence-corrected chi connectivity index (χ1v) is 6.86. The molecule has 1 aliphatic heterocycles. The highest BCUT2D eigenvalue weighted by Gasteiger charge is 2.15. The van der Waals surface area contributed by atoms with Gasteiger partial charge in [0.25, 0.3) is 0 Å². The molecular formula is C15H23NO3. The van der Waals surface area contributed by atoms with Crippen LogP contribution in [0, 0.1) is 6.92 Å². The number of benzene rings is 1. The summed E-state index contributed by atoms with van der Waals surface area (Å²) >= 11 is 0. The maximum atomic E-state index is 5.77. The largest absolute Gasteiger partial charge is 0.489 e. The van der Waals surface area contributed by atoms with Crippen LogP contribution in [0.25, 0.3) is 0 Å². The minimum Gasteiger partial charge on any atom is -0.489 e. The van der Waals surface area contributed by atoms with E-state index in [2.05, 4.69) is 30.4 Å². The lowest BCUT2D eigenvalue weighted by Crippen LogP contribution is -2.30. The molecule has 0 bridgehead atoms. The normalized spacial score (nSPS) is 19.2. The number of rotatable bonds is 6. The second-order valence-electron chi connectivity index (χ2n) is 4.90. The van der Waals surface area contributed by atoms with Crippen molar-refractivity contribution in [1.29, 1.82) is 0 Å². The van der Waals surface area contributed by atoms with Crippen LogP contribution in [0.3, 0.4) is 0 Å². The van der Waals surface area contributed by atoms with Crippen LogP contribution in [0.2, 0.25) is 0 Å². The van der Waals surface area contributed by atoms with Crippen molar-refractivity contribution < 1.29 is 14.2 Å². The first-order chi connectivity index (χ1) is 9.29. The maximum absolute atomic E-state index is 5.77. The van der Waals surface area contributed by atoms with E-state index in [-0.39, 0.29) is 0 Å². The molecule has 0 amide bonds. The maximum Gasteiger partial charge on any atom is 0.142 e. The topological polar surface area (TPSA) is 39.7 Å². The van der Waals surface area contributed by atoms with Crippen LogP contribution in [0.4, 0.5) is 5.69 Å². The summed E-state index contributed by atoms with van der Waals surface area (Å²) in [4.78, 5) is 0. The highest BCUT2D eigenvalue weighted by molar-refractivity contribution is 5.58. The molecule has 1 atom stereocenters. The lowest BCUT2D eigenvalue weighted by atomic mass is 10.1.